The lowest BCUT2D eigenvalue weighted by Gasteiger charge is -2.32. The van der Waals surface area contributed by atoms with Gasteiger partial charge in [0.05, 0.1) is 6.54 Å². The van der Waals surface area contributed by atoms with Crippen LogP contribution in [0, 0.1) is 5.92 Å². The number of rotatable bonds is 7. The van der Waals surface area contributed by atoms with Gasteiger partial charge in [-0.15, -0.1) is 0 Å². The molecular formula is C22H31ClN4O2. The lowest BCUT2D eigenvalue weighted by atomic mass is 10.0. The average Bonchev–Trinajstić information content (AvgIpc) is 3.17. The molecule has 6 nitrogen and oxygen atoms in total. The Morgan fingerprint density at radius 3 is 2.52 bits per heavy atom. The van der Waals surface area contributed by atoms with Crippen LogP contribution < -0.4 is 0 Å². The van der Waals surface area contributed by atoms with E-state index < -0.39 is 0 Å². The summed E-state index contributed by atoms with van der Waals surface area (Å²) in [6.45, 7) is 11.0. The van der Waals surface area contributed by atoms with E-state index in [1.807, 2.05) is 29.2 Å². The maximum absolute atomic E-state index is 12.7. The number of oxazole rings is 1. The van der Waals surface area contributed by atoms with Gasteiger partial charge in [0.25, 0.3) is 5.91 Å². The van der Waals surface area contributed by atoms with E-state index in [0.717, 1.165) is 36.8 Å². The number of piperazine rings is 1. The Morgan fingerprint density at radius 1 is 1.17 bits per heavy atom. The van der Waals surface area contributed by atoms with Gasteiger partial charge in [0.2, 0.25) is 5.89 Å². The standard InChI is InChI=1S/C22H31ClN4O2/c1-16(2)17(3)27(13-18-7-5-6-8-19(18)23)14-21-24-20(15-29-21)22(28)26-11-9-25(4)10-12-26/h5-8,15-17H,9-14H2,1-4H3. The van der Waals surface area contributed by atoms with Gasteiger partial charge in [0.1, 0.15) is 6.26 Å². The first-order valence-corrected chi connectivity index (χ1v) is 10.6. The third kappa shape index (κ3) is 5.59. The van der Waals surface area contributed by atoms with Crippen LogP contribution >= 0.6 is 11.6 Å². The molecule has 1 saturated heterocycles. The Hall–Kier alpha value is -1.89. The number of aromatic nitrogens is 1. The van der Waals surface area contributed by atoms with E-state index in [1.165, 1.54) is 6.26 Å². The minimum absolute atomic E-state index is 0.0531. The van der Waals surface area contributed by atoms with Crippen molar-refractivity contribution in [3.63, 3.8) is 0 Å². The molecule has 3 rings (SSSR count). The number of nitrogens with zero attached hydrogens (tertiary/aromatic N) is 4. The molecular weight excluding hydrogens is 388 g/mol. The Morgan fingerprint density at radius 2 is 1.86 bits per heavy atom. The van der Waals surface area contributed by atoms with Crippen LogP contribution in [0.1, 0.15) is 42.7 Å². The molecule has 1 atom stereocenters. The van der Waals surface area contributed by atoms with Crippen molar-refractivity contribution in [3.05, 3.63) is 52.7 Å². The molecule has 1 aromatic carbocycles. The normalized spacial score (nSPS) is 16.6. The molecule has 1 aromatic heterocycles. The molecule has 1 unspecified atom stereocenters. The summed E-state index contributed by atoms with van der Waals surface area (Å²) in [7, 11) is 2.07. The van der Waals surface area contributed by atoms with E-state index in [1.54, 1.807) is 0 Å². The second kappa shape index (κ2) is 9.74. The van der Waals surface area contributed by atoms with Gasteiger partial charge in [-0.05, 0) is 31.5 Å². The highest BCUT2D eigenvalue weighted by Crippen LogP contribution is 2.22. The Bertz CT molecular complexity index is 815. The third-order valence-corrected chi connectivity index (χ3v) is 6.14. The van der Waals surface area contributed by atoms with Gasteiger partial charge in [0, 0.05) is 43.8 Å². The third-order valence-electron chi connectivity index (χ3n) is 5.77. The molecule has 2 heterocycles. The number of carbonyl (C=O) groups excluding carboxylic acids is 1. The van der Waals surface area contributed by atoms with Crippen molar-refractivity contribution in [2.75, 3.05) is 33.2 Å². The van der Waals surface area contributed by atoms with Gasteiger partial charge >= 0.3 is 0 Å². The number of benzene rings is 1. The van der Waals surface area contributed by atoms with Gasteiger partial charge in [-0.2, -0.15) is 0 Å². The second-order valence-electron chi connectivity index (χ2n) is 8.20. The first-order valence-electron chi connectivity index (χ1n) is 10.2. The molecule has 7 heteroatoms. The molecule has 1 aliphatic rings. The molecule has 0 N–H and O–H groups in total. The SMILES string of the molecule is CC(C)C(C)N(Cc1nc(C(=O)N2CCN(C)CC2)co1)Cc1ccccc1Cl. The molecule has 0 bridgehead atoms. The summed E-state index contributed by atoms with van der Waals surface area (Å²) >= 11 is 6.38. The lowest BCUT2D eigenvalue weighted by Crippen LogP contribution is -2.47. The highest BCUT2D eigenvalue weighted by Gasteiger charge is 2.25. The summed E-state index contributed by atoms with van der Waals surface area (Å²) in [5.74, 6) is 0.962. The molecule has 1 fully saturated rings. The van der Waals surface area contributed by atoms with Gasteiger partial charge in [0.15, 0.2) is 5.69 Å². The molecule has 158 valence electrons. The highest BCUT2D eigenvalue weighted by molar-refractivity contribution is 6.31. The van der Waals surface area contributed by atoms with E-state index in [-0.39, 0.29) is 5.91 Å². The fourth-order valence-electron chi connectivity index (χ4n) is 3.44. The van der Waals surface area contributed by atoms with E-state index in [2.05, 4.69) is 42.6 Å². The zero-order chi connectivity index (χ0) is 21.0. The van der Waals surface area contributed by atoms with Crippen molar-refractivity contribution in [3.8, 4) is 0 Å². The smallest absolute Gasteiger partial charge is 0.275 e. The Labute approximate surface area is 178 Å². The summed E-state index contributed by atoms with van der Waals surface area (Å²) in [5, 5.41) is 0.756. The van der Waals surface area contributed by atoms with Crippen LogP contribution in [0.3, 0.4) is 0 Å². The maximum Gasteiger partial charge on any atom is 0.275 e. The molecule has 2 aromatic rings. The molecule has 1 amide bonds. The highest BCUT2D eigenvalue weighted by atomic mass is 35.5. The van der Waals surface area contributed by atoms with E-state index in [9.17, 15) is 4.79 Å². The van der Waals surface area contributed by atoms with Crippen LogP contribution in [0.4, 0.5) is 0 Å². The van der Waals surface area contributed by atoms with Crippen molar-refractivity contribution in [2.24, 2.45) is 5.92 Å². The fraction of sp³-hybridized carbons (Fsp3) is 0.545. The number of amides is 1. The number of carbonyl (C=O) groups is 1. The summed E-state index contributed by atoms with van der Waals surface area (Å²) in [5.41, 5.74) is 1.46. The predicted molar refractivity (Wildman–Crippen MR) is 115 cm³/mol. The quantitative estimate of drug-likeness (QED) is 0.685. The molecule has 29 heavy (non-hydrogen) atoms. The van der Waals surface area contributed by atoms with Crippen LogP contribution in [-0.2, 0) is 13.1 Å². The van der Waals surface area contributed by atoms with Crippen LogP contribution in [0.2, 0.25) is 5.02 Å². The van der Waals surface area contributed by atoms with Crippen LogP contribution in [0.25, 0.3) is 0 Å². The van der Waals surface area contributed by atoms with Crippen molar-refractivity contribution >= 4 is 17.5 Å². The molecule has 0 radical (unpaired) electrons. The predicted octanol–water partition coefficient (Wildman–Crippen LogP) is 3.76. The Balaban J connectivity index is 1.71. The lowest BCUT2D eigenvalue weighted by molar-refractivity contribution is 0.0658. The van der Waals surface area contributed by atoms with Gasteiger partial charge < -0.3 is 14.2 Å². The Kier molecular flexibility index (Phi) is 7.33. The molecule has 0 saturated carbocycles. The van der Waals surface area contributed by atoms with Crippen molar-refractivity contribution in [1.82, 2.24) is 19.7 Å². The summed E-state index contributed by atoms with van der Waals surface area (Å²) in [6.07, 6.45) is 1.49. The van der Waals surface area contributed by atoms with Crippen molar-refractivity contribution in [1.29, 1.82) is 0 Å². The molecule has 0 aliphatic carbocycles. The van der Waals surface area contributed by atoms with Crippen LogP contribution in [0.15, 0.2) is 34.9 Å². The maximum atomic E-state index is 12.7. The monoisotopic (exact) mass is 418 g/mol. The topological polar surface area (TPSA) is 52.8 Å². The zero-order valence-electron chi connectivity index (χ0n) is 17.8. The first kappa shape index (κ1) is 21.8. The number of hydrogen-bond acceptors (Lipinski definition) is 5. The van der Waals surface area contributed by atoms with Gasteiger partial charge in [-0.25, -0.2) is 4.98 Å². The van der Waals surface area contributed by atoms with E-state index in [0.29, 0.717) is 36.6 Å². The summed E-state index contributed by atoms with van der Waals surface area (Å²) in [6, 6.07) is 8.19. The van der Waals surface area contributed by atoms with Crippen LogP contribution in [0.5, 0.6) is 0 Å². The molecule has 0 spiro atoms. The van der Waals surface area contributed by atoms with E-state index in [4.69, 9.17) is 16.0 Å². The van der Waals surface area contributed by atoms with Crippen molar-refractivity contribution in [2.45, 2.75) is 39.9 Å². The minimum atomic E-state index is -0.0531. The molecule has 1 aliphatic heterocycles. The average molecular weight is 419 g/mol. The summed E-state index contributed by atoms with van der Waals surface area (Å²) < 4.78 is 5.68. The summed E-state index contributed by atoms with van der Waals surface area (Å²) in [4.78, 5) is 23.6. The fourth-order valence-corrected chi connectivity index (χ4v) is 3.63. The zero-order valence-corrected chi connectivity index (χ0v) is 18.5. The van der Waals surface area contributed by atoms with E-state index >= 15 is 0 Å². The number of halogens is 1. The number of likely N-dealkylation sites (N-methyl/N-ethyl adjacent to an activating group) is 1. The van der Waals surface area contributed by atoms with Gasteiger partial charge in [-0.3, -0.25) is 9.69 Å². The first-order chi connectivity index (χ1) is 13.8. The second-order valence-corrected chi connectivity index (χ2v) is 8.61. The van der Waals surface area contributed by atoms with Crippen LogP contribution in [-0.4, -0.2) is 64.9 Å². The number of hydrogen-bond donors (Lipinski definition) is 0. The largest absolute Gasteiger partial charge is 0.447 e. The minimum Gasteiger partial charge on any atom is -0.447 e. The van der Waals surface area contributed by atoms with Gasteiger partial charge in [-0.1, -0.05) is 43.6 Å². The van der Waals surface area contributed by atoms with Crippen molar-refractivity contribution < 1.29 is 9.21 Å².